The van der Waals surface area contributed by atoms with E-state index in [2.05, 4.69) is 68.5 Å². The van der Waals surface area contributed by atoms with Crippen molar-refractivity contribution in [1.29, 1.82) is 0 Å². The molecule has 0 saturated carbocycles. The second-order valence-electron chi connectivity index (χ2n) is 15.5. The third-order valence-corrected chi connectivity index (χ3v) is 10.1. The fraction of sp³-hybridized carbons (Fsp3) is 0.729. The molecule has 1 fully saturated rings. The van der Waals surface area contributed by atoms with Gasteiger partial charge in [0.05, 0.1) is 6.61 Å². The fourth-order valence-corrected chi connectivity index (χ4v) is 6.56. The van der Waals surface area contributed by atoms with Gasteiger partial charge in [-0.2, -0.15) is 0 Å². The summed E-state index contributed by atoms with van der Waals surface area (Å²) in [5.41, 5.74) is 0. The summed E-state index contributed by atoms with van der Waals surface area (Å²) >= 11 is 0. The van der Waals surface area contributed by atoms with E-state index in [-0.39, 0.29) is 19.4 Å². The first kappa shape index (κ1) is 53.9. The normalized spacial score (nSPS) is 20.5. The molecule has 0 aromatic rings. The molecule has 1 saturated heterocycles. The highest BCUT2D eigenvalue weighted by Crippen LogP contribution is 2.23. The molecule has 6 unspecified atom stereocenters. The Bertz CT molecular complexity index is 1210. The van der Waals surface area contributed by atoms with Gasteiger partial charge in [0.15, 0.2) is 18.5 Å². The Labute approximate surface area is 356 Å². The Hall–Kier alpha value is -3.09. The Morgan fingerprint density at radius 2 is 1.00 bits per heavy atom. The highest BCUT2D eigenvalue weighted by atomic mass is 16.7. The van der Waals surface area contributed by atoms with Crippen molar-refractivity contribution >= 4 is 17.9 Å². The van der Waals surface area contributed by atoms with Gasteiger partial charge in [0.1, 0.15) is 24.9 Å². The first-order valence-electron chi connectivity index (χ1n) is 22.8. The van der Waals surface area contributed by atoms with Crippen molar-refractivity contribution < 1.29 is 53.8 Å². The number of aliphatic hydroxyl groups is 3. The van der Waals surface area contributed by atoms with Crippen LogP contribution in [0.2, 0.25) is 0 Å². The van der Waals surface area contributed by atoms with Crippen LogP contribution in [-0.2, 0) is 33.3 Å². The molecular weight excluding hydrogens is 753 g/mol. The molecule has 1 aliphatic rings. The number of carboxylic acids is 1. The quantitative estimate of drug-likeness (QED) is 0.0267. The highest BCUT2D eigenvalue weighted by molar-refractivity contribution is 5.73. The molecule has 0 spiro atoms. The number of hydrogen-bond acceptors (Lipinski definition) is 10. The Balaban J connectivity index is 2.41. The summed E-state index contributed by atoms with van der Waals surface area (Å²) in [6.07, 6.45) is 37.0. The first-order valence-corrected chi connectivity index (χ1v) is 22.8. The summed E-state index contributed by atoms with van der Waals surface area (Å²) in [4.78, 5) is 36.8. The first-order chi connectivity index (χ1) is 28.7. The number of carbonyl (C=O) groups is 3. The number of allylic oxidation sites excluding steroid dienone is 10. The number of carbonyl (C=O) groups excluding carboxylic acids is 2. The lowest BCUT2D eigenvalue weighted by atomic mass is 9.99. The summed E-state index contributed by atoms with van der Waals surface area (Å²) in [6, 6.07) is 0. The SMILES string of the molecule is CC/C=C\C/C=C\C/C=C\C/C=C\C/C=C\CCCC(=O)OCC(COC1OC(C(=O)O)C(O)C(O)C1O)OC(=O)CCCCCCCCCCCCCCCCCC. The van der Waals surface area contributed by atoms with Crippen LogP contribution < -0.4 is 0 Å². The number of aliphatic hydroxyl groups excluding tert-OH is 3. The summed E-state index contributed by atoms with van der Waals surface area (Å²) in [5, 5.41) is 39.8. The van der Waals surface area contributed by atoms with Gasteiger partial charge in [-0.25, -0.2) is 4.79 Å². The smallest absolute Gasteiger partial charge is 0.335 e. The average Bonchev–Trinajstić information content (AvgIpc) is 3.22. The molecule has 59 heavy (non-hydrogen) atoms. The number of aliphatic carboxylic acids is 1. The van der Waals surface area contributed by atoms with Crippen LogP contribution in [0.25, 0.3) is 0 Å². The van der Waals surface area contributed by atoms with E-state index in [9.17, 15) is 34.8 Å². The number of rotatable bonds is 37. The van der Waals surface area contributed by atoms with Gasteiger partial charge in [-0.15, -0.1) is 0 Å². The van der Waals surface area contributed by atoms with Crippen molar-refractivity contribution in [3.63, 3.8) is 0 Å². The maximum Gasteiger partial charge on any atom is 0.335 e. The largest absolute Gasteiger partial charge is 0.479 e. The standard InChI is InChI=1S/C48H80O11/c1-3-5-7-9-11-13-15-17-19-21-23-24-26-28-30-32-34-36-41(49)56-38-40(39-57-48-45(53)43(51)44(52)46(59-48)47(54)55)58-42(50)37-35-33-31-29-27-25-22-20-18-16-14-12-10-8-6-4-2/h5,7,11,13,17,19,23-24,28,30,40,43-46,48,51-53H,3-4,6,8-10,12,14-16,18,20-22,25-27,29,31-39H2,1-2H3,(H,54,55)/b7-5-,13-11-,19-17-,24-23-,30-28-. The second kappa shape index (κ2) is 37.9. The van der Waals surface area contributed by atoms with Gasteiger partial charge in [-0.1, -0.05) is 171 Å². The molecule has 0 aromatic carbocycles. The van der Waals surface area contributed by atoms with E-state index in [1.54, 1.807) is 0 Å². The minimum Gasteiger partial charge on any atom is -0.479 e. The zero-order valence-electron chi connectivity index (χ0n) is 36.5. The lowest BCUT2D eigenvalue weighted by molar-refractivity contribution is -0.298. The van der Waals surface area contributed by atoms with Crippen molar-refractivity contribution in [3.05, 3.63) is 60.8 Å². The summed E-state index contributed by atoms with van der Waals surface area (Å²) in [6.45, 7) is 3.65. The lowest BCUT2D eigenvalue weighted by Crippen LogP contribution is -2.60. The predicted octanol–water partition coefficient (Wildman–Crippen LogP) is 9.92. The van der Waals surface area contributed by atoms with Crippen LogP contribution >= 0.6 is 0 Å². The minimum atomic E-state index is -1.87. The topological polar surface area (TPSA) is 169 Å². The zero-order valence-corrected chi connectivity index (χ0v) is 36.5. The maximum atomic E-state index is 12.8. The maximum absolute atomic E-state index is 12.8. The number of unbranched alkanes of at least 4 members (excludes halogenated alkanes) is 16. The van der Waals surface area contributed by atoms with Crippen LogP contribution in [-0.4, -0.2) is 88.4 Å². The molecule has 11 nitrogen and oxygen atoms in total. The molecule has 4 N–H and O–H groups in total. The summed E-state index contributed by atoms with van der Waals surface area (Å²) in [5.74, 6) is -2.52. The van der Waals surface area contributed by atoms with E-state index in [1.807, 2.05) is 6.08 Å². The van der Waals surface area contributed by atoms with E-state index in [1.165, 1.54) is 77.0 Å². The molecule has 0 radical (unpaired) electrons. The molecular formula is C48H80O11. The Morgan fingerprint density at radius 1 is 0.542 bits per heavy atom. The van der Waals surface area contributed by atoms with Crippen LogP contribution in [0.4, 0.5) is 0 Å². The van der Waals surface area contributed by atoms with Gasteiger partial charge < -0.3 is 39.4 Å². The molecule has 0 aliphatic carbocycles. The van der Waals surface area contributed by atoms with Gasteiger partial charge in [0, 0.05) is 12.8 Å². The van der Waals surface area contributed by atoms with E-state index in [0.29, 0.717) is 19.3 Å². The molecule has 11 heteroatoms. The third kappa shape index (κ3) is 29.7. The van der Waals surface area contributed by atoms with Crippen LogP contribution in [0.1, 0.15) is 174 Å². The number of carboxylic acid groups (broad SMARTS) is 1. The van der Waals surface area contributed by atoms with E-state index >= 15 is 0 Å². The molecule has 0 aromatic heterocycles. The summed E-state index contributed by atoms with van der Waals surface area (Å²) in [7, 11) is 0. The van der Waals surface area contributed by atoms with Crippen LogP contribution in [0.15, 0.2) is 60.8 Å². The highest BCUT2D eigenvalue weighted by Gasteiger charge is 2.47. The number of esters is 2. The second-order valence-corrected chi connectivity index (χ2v) is 15.5. The summed E-state index contributed by atoms with van der Waals surface area (Å²) < 4.78 is 21.7. The van der Waals surface area contributed by atoms with Crippen molar-refractivity contribution in [2.75, 3.05) is 13.2 Å². The monoisotopic (exact) mass is 833 g/mol. The van der Waals surface area contributed by atoms with Crippen LogP contribution in [0.5, 0.6) is 0 Å². The molecule has 1 rings (SSSR count). The van der Waals surface area contributed by atoms with Crippen molar-refractivity contribution in [3.8, 4) is 0 Å². The molecule has 6 atom stereocenters. The molecule has 1 aliphatic heterocycles. The Kier molecular flexibility index (Phi) is 34.6. The van der Waals surface area contributed by atoms with Gasteiger partial charge in [-0.05, 0) is 51.4 Å². The fourth-order valence-electron chi connectivity index (χ4n) is 6.56. The molecule has 1 heterocycles. The Morgan fingerprint density at radius 3 is 1.49 bits per heavy atom. The number of hydrogen-bond donors (Lipinski definition) is 4. The van der Waals surface area contributed by atoms with Gasteiger partial charge >= 0.3 is 17.9 Å². The van der Waals surface area contributed by atoms with Crippen molar-refractivity contribution in [2.24, 2.45) is 0 Å². The molecule has 0 amide bonds. The average molecular weight is 833 g/mol. The van der Waals surface area contributed by atoms with Gasteiger partial charge in [-0.3, -0.25) is 9.59 Å². The van der Waals surface area contributed by atoms with Crippen molar-refractivity contribution in [2.45, 2.75) is 211 Å². The predicted molar refractivity (Wildman–Crippen MR) is 234 cm³/mol. The lowest BCUT2D eigenvalue weighted by Gasteiger charge is -2.38. The molecule has 338 valence electrons. The van der Waals surface area contributed by atoms with Crippen LogP contribution in [0.3, 0.4) is 0 Å². The third-order valence-electron chi connectivity index (χ3n) is 10.1. The minimum absolute atomic E-state index is 0.157. The van der Waals surface area contributed by atoms with E-state index in [4.69, 9.17) is 18.9 Å². The van der Waals surface area contributed by atoms with Crippen molar-refractivity contribution in [1.82, 2.24) is 0 Å². The van der Waals surface area contributed by atoms with E-state index < -0.39 is 61.3 Å². The molecule has 0 bridgehead atoms. The van der Waals surface area contributed by atoms with E-state index in [0.717, 1.165) is 51.4 Å². The number of ether oxygens (including phenoxy) is 4. The van der Waals surface area contributed by atoms with Gasteiger partial charge in [0.25, 0.3) is 0 Å². The zero-order chi connectivity index (χ0) is 43.2. The van der Waals surface area contributed by atoms with Crippen LogP contribution in [0, 0.1) is 0 Å². The van der Waals surface area contributed by atoms with Gasteiger partial charge in [0.2, 0.25) is 0 Å².